The summed E-state index contributed by atoms with van der Waals surface area (Å²) in [5.41, 5.74) is 6.58. The molecular weight excluding hydrogens is 233 g/mol. The van der Waals surface area contributed by atoms with Crippen LogP contribution in [0.5, 0.6) is 0 Å². The third-order valence-corrected chi connectivity index (χ3v) is 5.05. The molecule has 1 aromatic rings. The maximum absolute atomic E-state index is 13.1. The van der Waals surface area contributed by atoms with Gasteiger partial charge in [0.05, 0.1) is 0 Å². The lowest BCUT2D eigenvalue weighted by atomic mass is 9.87. The van der Waals surface area contributed by atoms with Crippen molar-refractivity contribution in [2.75, 3.05) is 5.73 Å². The van der Waals surface area contributed by atoms with E-state index in [9.17, 15) is 4.39 Å². The van der Waals surface area contributed by atoms with Gasteiger partial charge in [0.15, 0.2) is 0 Å². The molecule has 1 aliphatic carbocycles. The van der Waals surface area contributed by atoms with Crippen LogP contribution in [0, 0.1) is 11.7 Å². The summed E-state index contributed by atoms with van der Waals surface area (Å²) in [5.74, 6) is 0.709. The highest BCUT2D eigenvalue weighted by Gasteiger charge is 2.21. The van der Waals surface area contributed by atoms with Crippen molar-refractivity contribution in [2.24, 2.45) is 5.92 Å². The molecular formula is C14H20FNS. The first kappa shape index (κ1) is 12.7. The lowest BCUT2D eigenvalue weighted by Crippen LogP contribution is -2.15. The van der Waals surface area contributed by atoms with Gasteiger partial charge in [-0.3, -0.25) is 0 Å². The number of benzene rings is 1. The largest absolute Gasteiger partial charge is 0.398 e. The molecule has 17 heavy (non-hydrogen) atoms. The Hall–Kier alpha value is -0.700. The first-order valence-corrected chi connectivity index (χ1v) is 7.28. The van der Waals surface area contributed by atoms with Crippen molar-refractivity contribution in [1.29, 1.82) is 0 Å². The highest BCUT2D eigenvalue weighted by atomic mass is 32.2. The van der Waals surface area contributed by atoms with E-state index in [2.05, 4.69) is 6.92 Å². The normalized spacial score (nSPS) is 24.8. The van der Waals surface area contributed by atoms with Crippen molar-refractivity contribution in [2.45, 2.75) is 49.2 Å². The number of anilines is 1. The quantitative estimate of drug-likeness (QED) is 0.804. The summed E-state index contributed by atoms with van der Waals surface area (Å²) in [4.78, 5) is 0.907. The minimum absolute atomic E-state index is 0.191. The van der Waals surface area contributed by atoms with Crippen molar-refractivity contribution in [1.82, 2.24) is 0 Å². The number of nitrogen functional groups attached to an aromatic ring is 1. The molecule has 0 unspecified atom stereocenters. The van der Waals surface area contributed by atoms with Gasteiger partial charge in [0.25, 0.3) is 0 Å². The second kappa shape index (κ2) is 5.76. The maximum atomic E-state index is 13.1. The number of nitrogens with two attached hydrogens (primary N) is 1. The van der Waals surface area contributed by atoms with Crippen LogP contribution < -0.4 is 5.73 Å². The predicted molar refractivity (Wildman–Crippen MR) is 72.7 cm³/mol. The van der Waals surface area contributed by atoms with Crippen molar-refractivity contribution < 1.29 is 4.39 Å². The zero-order valence-corrected chi connectivity index (χ0v) is 11.1. The summed E-state index contributed by atoms with van der Waals surface area (Å²) in [7, 11) is 0. The summed E-state index contributed by atoms with van der Waals surface area (Å²) >= 11 is 1.75. The van der Waals surface area contributed by atoms with E-state index in [1.807, 2.05) is 0 Å². The molecule has 0 spiro atoms. The molecule has 0 bridgehead atoms. The number of hydrogen-bond acceptors (Lipinski definition) is 2. The van der Waals surface area contributed by atoms with Gasteiger partial charge in [0.1, 0.15) is 5.82 Å². The Morgan fingerprint density at radius 1 is 1.29 bits per heavy atom. The summed E-state index contributed by atoms with van der Waals surface area (Å²) in [5, 5.41) is 0.613. The Morgan fingerprint density at radius 2 is 2.00 bits per heavy atom. The third kappa shape index (κ3) is 3.38. The molecule has 1 nitrogen and oxygen atoms in total. The summed E-state index contributed by atoms with van der Waals surface area (Å²) in [6.45, 7) is 2.27. The summed E-state index contributed by atoms with van der Waals surface area (Å²) in [6, 6.07) is 4.65. The monoisotopic (exact) mass is 253 g/mol. The third-order valence-electron chi connectivity index (χ3n) is 3.64. The minimum atomic E-state index is -0.191. The first-order valence-electron chi connectivity index (χ1n) is 6.40. The molecule has 1 fully saturated rings. The predicted octanol–water partition coefficient (Wildman–Crippen LogP) is 4.47. The highest BCUT2D eigenvalue weighted by Crippen LogP contribution is 2.38. The van der Waals surface area contributed by atoms with Crippen LogP contribution in [-0.4, -0.2) is 5.25 Å². The Balaban J connectivity index is 1.95. The molecule has 2 rings (SSSR count). The summed E-state index contributed by atoms with van der Waals surface area (Å²) in [6.07, 6.45) is 6.38. The van der Waals surface area contributed by atoms with Gasteiger partial charge < -0.3 is 5.73 Å². The molecule has 0 saturated heterocycles. The topological polar surface area (TPSA) is 26.0 Å². The molecule has 1 aromatic carbocycles. The van der Waals surface area contributed by atoms with E-state index >= 15 is 0 Å². The van der Waals surface area contributed by atoms with Gasteiger partial charge in [-0.15, -0.1) is 11.8 Å². The highest BCUT2D eigenvalue weighted by molar-refractivity contribution is 8.00. The lowest BCUT2D eigenvalue weighted by Gasteiger charge is -2.27. The van der Waals surface area contributed by atoms with Crippen molar-refractivity contribution >= 4 is 17.4 Å². The molecule has 1 aliphatic rings. The molecule has 0 aliphatic heterocycles. The minimum Gasteiger partial charge on any atom is -0.398 e. The lowest BCUT2D eigenvalue weighted by molar-refractivity contribution is 0.356. The molecule has 2 N–H and O–H groups in total. The van der Waals surface area contributed by atoms with E-state index in [1.54, 1.807) is 23.9 Å². The van der Waals surface area contributed by atoms with Crippen LogP contribution in [0.4, 0.5) is 10.1 Å². The van der Waals surface area contributed by atoms with Gasteiger partial charge in [-0.05, 0) is 49.8 Å². The molecule has 94 valence electrons. The van der Waals surface area contributed by atoms with E-state index < -0.39 is 0 Å². The molecule has 0 amide bonds. The fourth-order valence-electron chi connectivity index (χ4n) is 2.45. The summed E-state index contributed by atoms with van der Waals surface area (Å²) < 4.78 is 13.1. The first-order chi connectivity index (χ1) is 8.19. The molecule has 3 heteroatoms. The SMILES string of the molecule is CCC1CCC(Sc2cc(F)ccc2N)CC1. The van der Waals surface area contributed by atoms with Gasteiger partial charge in [0.2, 0.25) is 0 Å². The van der Waals surface area contributed by atoms with Gasteiger partial charge >= 0.3 is 0 Å². The van der Waals surface area contributed by atoms with Crippen molar-refractivity contribution in [3.8, 4) is 0 Å². The fourth-order valence-corrected chi connectivity index (χ4v) is 3.70. The van der Waals surface area contributed by atoms with Gasteiger partial charge in [-0.2, -0.15) is 0 Å². The van der Waals surface area contributed by atoms with Crippen molar-refractivity contribution in [3.05, 3.63) is 24.0 Å². The van der Waals surface area contributed by atoms with Crippen molar-refractivity contribution in [3.63, 3.8) is 0 Å². The fraction of sp³-hybridized carbons (Fsp3) is 0.571. The van der Waals surface area contributed by atoms with Gasteiger partial charge in [-0.1, -0.05) is 13.3 Å². The molecule has 0 radical (unpaired) electrons. The second-order valence-corrected chi connectivity index (χ2v) is 6.19. The zero-order chi connectivity index (χ0) is 12.3. The zero-order valence-electron chi connectivity index (χ0n) is 10.3. The standard InChI is InChI=1S/C14H20FNS/c1-2-10-3-6-12(7-4-10)17-14-9-11(15)5-8-13(14)16/h5,8-10,12H,2-4,6-7,16H2,1H3. The van der Waals surface area contributed by atoms with Crippen LogP contribution in [0.25, 0.3) is 0 Å². The average Bonchev–Trinajstić information content (AvgIpc) is 2.35. The van der Waals surface area contributed by atoms with Crippen LogP contribution in [0.2, 0.25) is 0 Å². The molecule has 1 saturated carbocycles. The number of thioether (sulfide) groups is 1. The second-order valence-electron chi connectivity index (χ2n) is 4.85. The number of rotatable bonds is 3. The van der Waals surface area contributed by atoms with Crippen LogP contribution in [0.3, 0.4) is 0 Å². The molecule has 0 heterocycles. The van der Waals surface area contributed by atoms with Crippen LogP contribution in [-0.2, 0) is 0 Å². The smallest absolute Gasteiger partial charge is 0.124 e. The Morgan fingerprint density at radius 3 is 2.65 bits per heavy atom. The Labute approximate surface area is 107 Å². The van der Waals surface area contributed by atoms with E-state index in [0.717, 1.165) is 10.8 Å². The number of hydrogen-bond donors (Lipinski definition) is 1. The van der Waals surface area contributed by atoms with E-state index in [-0.39, 0.29) is 5.82 Å². The van der Waals surface area contributed by atoms with E-state index in [0.29, 0.717) is 10.9 Å². The van der Waals surface area contributed by atoms with Crippen LogP contribution in [0.15, 0.2) is 23.1 Å². The Kier molecular flexibility index (Phi) is 4.32. The maximum Gasteiger partial charge on any atom is 0.124 e. The average molecular weight is 253 g/mol. The van der Waals surface area contributed by atoms with Crippen LogP contribution >= 0.6 is 11.8 Å². The van der Waals surface area contributed by atoms with Gasteiger partial charge in [-0.25, -0.2) is 4.39 Å². The molecule has 0 aromatic heterocycles. The Bertz CT molecular complexity index is 372. The van der Waals surface area contributed by atoms with Gasteiger partial charge in [0, 0.05) is 15.8 Å². The van der Waals surface area contributed by atoms with E-state index in [4.69, 9.17) is 5.73 Å². The van der Waals surface area contributed by atoms with Crippen LogP contribution in [0.1, 0.15) is 39.0 Å². The van der Waals surface area contributed by atoms with E-state index in [1.165, 1.54) is 38.2 Å². The molecule has 0 atom stereocenters. The number of halogens is 1.